The number of benzene rings is 1. The summed E-state index contributed by atoms with van der Waals surface area (Å²) in [5.74, 6) is 1.55. The molecule has 22 heavy (non-hydrogen) atoms. The fourth-order valence-corrected chi connectivity index (χ4v) is 2.33. The van der Waals surface area contributed by atoms with Crippen molar-refractivity contribution in [3.05, 3.63) is 18.2 Å². The first-order valence-electron chi connectivity index (χ1n) is 7.21. The minimum atomic E-state index is -0.0260. The number of rotatable bonds is 7. The maximum absolute atomic E-state index is 11.8. The van der Waals surface area contributed by atoms with E-state index in [4.69, 9.17) is 9.47 Å². The fourth-order valence-electron chi connectivity index (χ4n) is 2.33. The lowest BCUT2D eigenvalue weighted by molar-refractivity contribution is -0.122. The van der Waals surface area contributed by atoms with Crippen molar-refractivity contribution in [1.82, 2.24) is 10.6 Å². The van der Waals surface area contributed by atoms with Gasteiger partial charge in [0.1, 0.15) is 11.5 Å². The van der Waals surface area contributed by atoms with Gasteiger partial charge in [-0.1, -0.05) is 0 Å². The highest BCUT2D eigenvalue weighted by molar-refractivity contribution is 5.85. The lowest BCUT2D eigenvalue weighted by atomic mass is 10.2. The minimum Gasteiger partial charge on any atom is -0.497 e. The molecule has 1 aliphatic heterocycles. The van der Waals surface area contributed by atoms with Crippen molar-refractivity contribution in [3.63, 3.8) is 0 Å². The maximum atomic E-state index is 11.8. The molecule has 0 aliphatic carbocycles. The second kappa shape index (κ2) is 9.38. The van der Waals surface area contributed by atoms with Gasteiger partial charge in [0.15, 0.2) is 0 Å². The van der Waals surface area contributed by atoms with E-state index in [-0.39, 0.29) is 24.4 Å². The van der Waals surface area contributed by atoms with Crippen LogP contribution in [-0.2, 0) is 4.79 Å². The highest BCUT2D eigenvalue weighted by Gasteiger charge is 2.21. The molecular formula is C15H24ClN3O3. The maximum Gasteiger partial charge on any atom is 0.237 e. The molecule has 1 atom stereocenters. The van der Waals surface area contributed by atoms with Crippen LogP contribution in [0.15, 0.2) is 18.2 Å². The number of carbonyl (C=O) groups is 1. The summed E-state index contributed by atoms with van der Waals surface area (Å²) in [5, 5.41) is 9.35. The molecule has 0 spiro atoms. The third-order valence-electron chi connectivity index (χ3n) is 3.48. The van der Waals surface area contributed by atoms with Crippen LogP contribution < -0.4 is 25.4 Å². The van der Waals surface area contributed by atoms with E-state index in [0.29, 0.717) is 13.1 Å². The van der Waals surface area contributed by atoms with Crippen molar-refractivity contribution in [2.75, 3.05) is 39.2 Å². The Kier molecular flexibility index (Phi) is 7.84. The molecule has 1 aromatic rings. The molecule has 1 aliphatic rings. The summed E-state index contributed by atoms with van der Waals surface area (Å²) in [7, 11) is 3.24. The van der Waals surface area contributed by atoms with E-state index in [0.717, 1.165) is 36.6 Å². The molecule has 1 unspecified atom stereocenters. The molecule has 0 radical (unpaired) electrons. The number of carbonyl (C=O) groups excluding carboxylic acids is 1. The molecule has 1 aromatic carbocycles. The van der Waals surface area contributed by atoms with Crippen LogP contribution in [0.4, 0.5) is 5.69 Å². The Balaban J connectivity index is 0.00000242. The number of ether oxygens (including phenoxy) is 2. The van der Waals surface area contributed by atoms with Crippen LogP contribution in [-0.4, -0.2) is 45.8 Å². The number of halogens is 1. The zero-order valence-electron chi connectivity index (χ0n) is 13.0. The molecule has 1 heterocycles. The number of methoxy groups -OCH3 is 2. The minimum absolute atomic E-state index is 0. The molecule has 0 bridgehead atoms. The van der Waals surface area contributed by atoms with Crippen LogP contribution >= 0.6 is 12.4 Å². The molecule has 1 amide bonds. The van der Waals surface area contributed by atoms with Crippen LogP contribution in [0.1, 0.15) is 12.8 Å². The van der Waals surface area contributed by atoms with Gasteiger partial charge >= 0.3 is 0 Å². The molecular weight excluding hydrogens is 306 g/mol. The summed E-state index contributed by atoms with van der Waals surface area (Å²) < 4.78 is 10.4. The lowest BCUT2D eigenvalue weighted by Crippen LogP contribution is -2.42. The van der Waals surface area contributed by atoms with Crippen molar-refractivity contribution in [2.24, 2.45) is 0 Å². The third-order valence-corrected chi connectivity index (χ3v) is 3.48. The average molecular weight is 330 g/mol. The van der Waals surface area contributed by atoms with E-state index in [1.54, 1.807) is 14.2 Å². The Morgan fingerprint density at radius 3 is 2.45 bits per heavy atom. The van der Waals surface area contributed by atoms with Crippen molar-refractivity contribution >= 4 is 24.0 Å². The second-order valence-electron chi connectivity index (χ2n) is 4.97. The summed E-state index contributed by atoms with van der Waals surface area (Å²) >= 11 is 0. The quantitative estimate of drug-likeness (QED) is 0.660. The second-order valence-corrected chi connectivity index (χ2v) is 4.97. The van der Waals surface area contributed by atoms with Gasteiger partial charge in [0.05, 0.1) is 20.3 Å². The van der Waals surface area contributed by atoms with Crippen LogP contribution in [0.3, 0.4) is 0 Å². The van der Waals surface area contributed by atoms with Gasteiger partial charge < -0.3 is 25.4 Å². The monoisotopic (exact) mass is 329 g/mol. The van der Waals surface area contributed by atoms with Gasteiger partial charge in [-0.2, -0.15) is 0 Å². The van der Waals surface area contributed by atoms with Crippen molar-refractivity contribution in [3.8, 4) is 11.5 Å². The predicted octanol–water partition coefficient (Wildman–Crippen LogP) is 1.41. The zero-order valence-corrected chi connectivity index (χ0v) is 13.8. The van der Waals surface area contributed by atoms with Gasteiger partial charge in [0.25, 0.3) is 0 Å². The van der Waals surface area contributed by atoms with Crippen LogP contribution in [0.5, 0.6) is 11.5 Å². The Hall–Kier alpha value is -1.66. The van der Waals surface area contributed by atoms with Gasteiger partial charge in [-0.3, -0.25) is 4.79 Å². The molecule has 2 rings (SSSR count). The smallest absolute Gasteiger partial charge is 0.237 e. The Morgan fingerprint density at radius 2 is 1.91 bits per heavy atom. The van der Waals surface area contributed by atoms with Crippen LogP contribution in [0.25, 0.3) is 0 Å². The van der Waals surface area contributed by atoms with E-state index in [1.165, 1.54) is 0 Å². The molecule has 1 saturated heterocycles. The number of hydrogen-bond donors (Lipinski definition) is 3. The Morgan fingerprint density at radius 1 is 1.23 bits per heavy atom. The van der Waals surface area contributed by atoms with Crippen molar-refractivity contribution in [1.29, 1.82) is 0 Å². The number of nitrogens with one attached hydrogen (secondary N) is 3. The highest BCUT2D eigenvalue weighted by Crippen LogP contribution is 2.25. The molecule has 0 saturated carbocycles. The molecule has 124 valence electrons. The lowest BCUT2D eigenvalue weighted by Gasteiger charge is -2.13. The molecule has 6 nitrogen and oxygen atoms in total. The van der Waals surface area contributed by atoms with Crippen molar-refractivity contribution < 1.29 is 14.3 Å². The first kappa shape index (κ1) is 18.4. The topological polar surface area (TPSA) is 71.6 Å². The molecule has 0 aromatic heterocycles. The largest absolute Gasteiger partial charge is 0.497 e. The van der Waals surface area contributed by atoms with E-state index >= 15 is 0 Å². The fraction of sp³-hybridized carbons (Fsp3) is 0.533. The molecule has 7 heteroatoms. The van der Waals surface area contributed by atoms with Gasteiger partial charge in [-0.25, -0.2) is 0 Å². The van der Waals surface area contributed by atoms with Crippen LogP contribution in [0.2, 0.25) is 0 Å². The normalized spacial score (nSPS) is 16.5. The highest BCUT2D eigenvalue weighted by atomic mass is 35.5. The van der Waals surface area contributed by atoms with Gasteiger partial charge in [-0.05, 0) is 19.4 Å². The number of amides is 1. The van der Waals surface area contributed by atoms with Crippen LogP contribution in [0, 0.1) is 0 Å². The number of anilines is 1. The predicted molar refractivity (Wildman–Crippen MR) is 89.3 cm³/mol. The Labute approximate surface area is 137 Å². The van der Waals surface area contributed by atoms with E-state index in [1.807, 2.05) is 18.2 Å². The van der Waals surface area contributed by atoms with Crippen molar-refractivity contribution in [2.45, 2.75) is 18.9 Å². The SMILES string of the molecule is COc1cc(NCCNC(=O)C2CCCN2)cc(OC)c1.Cl. The summed E-state index contributed by atoms with van der Waals surface area (Å²) in [6.45, 7) is 2.16. The molecule has 1 fully saturated rings. The Bertz CT molecular complexity index is 457. The number of hydrogen-bond acceptors (Lipinski definition) is 5. The summed E-state index contributed by atoms with van der Waals surface area (Å²) in [6.07, 6.45) is 1.99. The van der Waals surface area contributed by atoms with E-state index < -0.39 is 0 Å². The van der Waals surface area contributed by atoms with E-state index in [9.17, 15) is 4.79 Å². The zero-order chi connectivity index (χ0) is 15.1. The standard InChI is InChI=1S/C15H23N3O3.ClH/c1-20-12-8-11(9-13(10-12)21-2)16-6-7-18-15(19)14-4-3-5-17-14;/h8-10,14,16-17H,3-7H2,1-2H3,(H,18,19);1H. The van der Waals surface area contributed by atoms with Gasteiger partial charge in [-0.15, -0.1) is 12.4 Å². The summed E-state index contributed by atoms with van der Waals surface area (Å²) in [4.78, 5) is 11.8. The summed E-state index contributed by atoms with van der Waals surface area (Å²) in [6, 6.07) is 5.58. The average Bonchev–Trinajstić information content (AvgIpc) is 3.05. The summed E-state index contributed by atoms with van der Waals surface area (Å²) in [5.41, 5.74) is 0.902. The van der Waals surface area contributed by atoms with E-state index in [2.05, 4.69) is 16.0 Å². The first-order valence-corrected chi connectivity index (χ1v) is 7.21. The van der Waals surface area contributed by atoms with Gasteiger partial charge in [0.2, 0.25) is 5.91 Å². The third kappa shape index (κ3) is 5.27. The first-order chi connectivity index (χ1) is 10.2. The van der Waals surface area contributed by atoms with Gasteiger partial charge in [0, 0.05) is 37.0 Å². The molecule has 3 N–H and O–H groups in total.